The Hall–Kier alpha value is -0.530. The summed E-state index contributed by atoms with van der Waals surface area (Å²) < 4.78 is 0. The molecule has 0 spiro atoms. The topological polar surface area (TPSA) is 37.3 Å². The molecular weight excluding hydrogens is 176 g/mol. The van der Waals surface area contributed by atoms with E-state index in [9.17, 15) is 4.79 Å². The standard InChI is InChI=1S/C12H20O2/c1-12(2)9-4-3-8(7-9)10(12)5-6-11(13)14/h8-10H,3-7H2,1-2H3,(H,13,14)/t8-,9-,10+/m0/s1. The summed E-state index contributed by atoms with van der Waals surface area (Å²) in [6.07, 6.45) is 5.33. The van der Waals surface area contributed by atoms with Crippen LogP contribution in [0.3, 0.4) is 0 Å². The van der Waals surface area contributed by atoms with Crippen LogP contribution in [0.5, 0.6) is 0 Å². The maximum Gasteiger partial charge on any atom is 0.303 e. The molecule has 0 aromatic rings. The third-order valence-corrected chi connectivity index (χ3v) is 4.72. The molecule has 2 saturated carbocycles. The molecule has 3 atom stereocenters. The second kappa shape index (κ2) is 3.25. The van der Waals surface area contributed by atoms with Crippen LogP contribution in [0.25, 0.3) is 0 Å². The second-order valence-corrected chi connectivity index (χ2v) is 5.63. The highest BCUT2D eigenvalue weighted by Gasteiger charge is 2.51. The molecule has 0 radical (unpaired) electrons. The van der Waals surface area contributed by atoms with Crippen LogP contribution in [-0.4, -0.2) is 11.1 Å². The van der Waals surface area contributed by atoms with Gasteiger partial charge in [-0.05, 0) is 48.9 Å². The van der Waals surface area contributed by atoms with Crippen LogP contribution < -0.4 is 0 Å². The highest BCUT2D eigenvalue weighted by Crippen LogP contribution is 2.60. The van der Waals surface area contributed by atoms with Crippen LogP contribution in [-0.2, 0) is 4.79 Å². The summed E-state index contributed by atoms with van der Waals surface area (Å²) in [6, 6.07) is 0. The summed E-state index contributed by atoms with van der Waals surface area (Å²) >= 11 is 0. The third-order valence-electron chi connectivity index (χ3n) is 4.72. The molecule has 0 aromatic carbocycles. The predicted octanol–water partition coefficient (Wildman–Crippen LogP) is 2.92. The molecule has 1 N–H and O–H groups in total. The van der Waals surface area contributed by atoms with Gasteiger partial charge in [-0.3, -0.25) is 4.79 Å². The van der Waals surface area contributed by atoms with Crippen molar-refractivity contribution < 1.29 is 9.90 Å². The van der Waals surface area contributed by atoms with E-state index in [-0.39, 0.29) is 0 Å². The van der Waals surface area contributed by atoms with Gasteiger partial charge in [-0.25, -0.2) is 0 Å². The maximum atomic E-state index is 10.6. The molecule has 0 saturated heterocycles. The summed E-state index contributed by atoms with van der Waals surface area (Å²) in [5.41, 5.74) is 0.401. The number of carbonyl (C=O) groups is 1. The van der Waals surface area contributed by atoms with Gasteiger partial charge < -0.3 is 5.11 Å². The monoisotopic (exact) mass is 196 g/mol. The van der Waals surface area contributed by atoms with Gasteiger partial charge in [0, 0.05) is 6.42 Å². The van der Waals surface area contributed by atoms with Gasteiger partial charge >= 0.3 is 5.97 Å². The fraction of sp³-hybridized carbons (Fsp3) is 0.917. The van der Waals surface area contributed by atoms with Crippen molar-refractivity contribution in [3.63, 3.8) is 0 Å². The van der Waals surface area contributed by atoms with Crippen molar-refractivity contribution >= 4 is 5.97 Å². The number of hydrogen-bond acceptors (Lipinski definition) is 1. The fourth-order valence-corrected chi connectivity index (χ4v) is 3.85. The first-order valence-corrected chi connectivity index (χ1v) is 5.73. The van der Waals surface area contributed by atoms with E-state index < -0.39 is 5.97 Å². The predicted molar refractivity (Wildman–Crippen MR) is 55.0 cm³/mol. The van der Waals surface area contributed by atoms with Gasteiger partial charge in [0.1, 0.15) is 0 Å². The number of carboxylic acid groups (broad SMARTS) is 1. The van der Waals surface area contributed by atoms with Crippen LogP contribution in [0.4, 0.5) is 0 Å². The van der Waals surface area contributed by atoms with E-state index in [0.29, 0.717) is 17.8 Å². The van der Waals surface area contributed by atoms with Crippen molar-refractivity contribution in [1.82, 2.24) is 0 Å². The lowest BCUT2D eigenvalue weighted by molar-refractivity contribution is -0.137. The van der Waals surface area contributed by atoms with Crippen LogP contribution in [0.15, 0.2) is 0 Å². The fourth-order valence-electron chi connectivity index (χ4n) is 3.85. The molecule has 0 aromatic heterocycles. The Labute approximate surface area is 85.7 Å². The van der Waals surface area contributed by atoms with E-state index in [4.69, 9.17) is 5.11 Å². The lowest BCUT2D eigenvalue weighted by atomic mass is 9.67. The van der Waals surface area contributed by atoms with E-state index in [1.165, 1.54) is 19.3 Å². The molecule has 14 heavy (non-hydrogen) atoms. The lowest BCUT2D eigenvalue weighted by Gasteiger charge is -2.38. The van der Waals surface area contributed by atoms with Gasteiger partial charge in [-0.1, -0.05) is 13.8 Å². The molecule has 2 heteroatoms. The zero-order valence-electron chi connectivity index (χ0n) is 9.12. The summed E-state index contributed by atoms with van der Waals surface area (Å²) in [4.78, 5) is 10.6. The Morgan fingerprint density at radius 2 is 2.14 bits per heavy atom. The minimum atomic E-state index is -0.636. The molecule has 80 valence electrons. The van der Waals surface area contributed by atoms with Gasteiger partial charge in [0.25, 0.3) is 0 Å². The molecule has 0 unspecified atom stereocenters. The summed E-state index contributed by atoms with van der Waals surface area (Å²) in [5.74, 6) is 1.72. The minimum Gasteiger partial charge on any atom is -0.481 e. The number of hydrogen-bond donors (Lipinski definition) is 1. The van der Waals surface area contributed by atoms with Gasteiger partial charge in [0.05, 0.1) is 0 Å². The average molecular weight is 196 g/mol. The van der Waals surface area contributed by atoms with Crippen LogP contribution in [0, 0.1) is 23.2 Å². The molecule has 0 aliphatic heterocycles. The summed E-state index contributed by atoms with van der Waals surface area (Å²) in [6.45, 7) is 4.67. The second-order valence-electron chi connectivity index (χ2n) is 5.63. The Kier molecular flexibility index (Phi) is 2.32. The van der Waals surface area contributed by atoms with Crippen molar-refractivity contribution in [3.05, 3.63) is 0 Å². The number of rotatable bonds is 3. The van der Waals surface area contributed by atoms with E-state index >= 15 is 0 Å². The maximum absolute atomic E-state index is 10.6. The molecule has 2 aliphatic rings. The van der Waals surface area contributed by atoms with Crippen molar-refractivity contribution in [1.29, 1.82) is 0 Å². The van der Waals surface area contributed by atoms with Crippen molar-refractivity contribution in [3.8, 4) is 0 Å². The highest BCUT2D eigenvalue weighted by atomic mass is 16.4. The Morgan fingerprint density at radius 3 is 2.64 bits per heavy atom. The normalized spacial score (nSPS) is 38.9. The molecule has 2 rings (SSSR count). The van der Waals surface area contributed by atoms with Crippen LogP contribution in [0.1, 0.15) is 46.0 Å². The number of carboxylic acids is 1. The molecule has 0 heterocycles. The lowest BCUT2D eigenvalue weighted by Crippen LogP contribution is -2.31. The quantitative estimate of drug-likeness (QED) is 0.753. The van der Waals surface area contributed by atoms with Crippen LogP contribution >= 0.6 is 0 Å². The van der Waals surface area contributed by atoms with Gasteiger partial charge in [-0.2, -0.15) is 0 Å². The average Bonchev–Trinajstić information content (AvgIpc) is 2.59. The molecule has 2 aliphatic carbocycles. The molecule has 2 fully saturated rings. The third kappa shape index (κ3) is 1.45. The molecular formula is C12H20O2. The number of fused-ring (bicyclic) bond motifs is 2. The largest absolute Gasteiger partial charge is 0.481 e. The van der Waals surface area contributed by atoms with E-state index in [1.807, 2.05) is 0 Å². The van der Waals surface area contributed by atoms with Crippen molar-refractivity contribution in [2.45, 2.75) is 46.0 Å². The Balaban J connectivity index is 2.01. The van der Waals surface area contributed by atoms with E-state index in [0.717, 1.165) is 18.3 Å². The minimum absolute atomic E-state index is 0.358. The van der Waals surface area contributed by atoms with Crippen molar-refractivity contribution in [2.24, 2.45) is 23.2 Å². The smallest absolute Gasteiger partial charge is 0.303 e. The van der Waals surface area contributed by atoms with Gasteiger partial charge in [-0.15, -0.1) is 0 Å². The molecule has 2 nitrogen and oxygen atoms in total. The summed E-state index contributed by atoms with van der Waals surface area (Å²) in [5, 5.41) is 8.71. The van der Waals surface area contributed by atoms with E-state index in [2.05, 4.69) is 13.8 Å². The van der Waals surface area contributed by atoms with Crippen LogP contribution in [0.2, 0.25) is 0 Å². The Bertz CT molecular complexity index is 245. The number of aliphatic carboxylic acids is 1. The zero-order chi connectivity index (χ0) is 10.3. The molecule has 2 bridgehead atoms. The SMILES string of the molecule is CC1(C)[C@H]2CC[C@@H](C2)[C@H]1CCC(=O)O. The van der Waals surface area contributed by atoms with Gasteiger partial charge in [0.2, 0.25) is 0 Å². The first kappa shape index (κ1) is 10.0. The van der Waals surface area contributed by atoms with Crippen molar-refractivity contribution in [2.75, 3.05) is 0 Å². The molecule has 0 amide bonds. The van der Waals surface area contributed by atoms with Gasteiger partial charge in [0.15, 0.2) is 0 Å². The first-order chi connectivity index (χ1) is 6.51. The van der Waals surface area contributed by atoms with E-state index in [1.54, 1.807) is 0 Å². The zero-order valence-corrected chi connectivity index (χ0v) is 9.12. The summed E-state index contributed by atoms with van der Waals surface area (Å²) in [7, 11) is 0. The first-order valence-electron chi connectivity index (χ1n) is 5.73. The Morgan fingerprint density at radius 1 is 1.43 bits per heavy atom. The highest BCUT2D eigenvalue weighted by molar-refractivity contribution is 5.66.